The first kappa shape index (κ1) is 15.8. The molecule has 1 unspecified atom stereocenters. The second-order valence-electron chi connectivity index (χ2n) is 4.99. The molecule has 0 saturated heterocycles. The van der Waals surface area contributed by atoms with E-state index in [4.69, 9.17) is 9.72 Å². The third-order valence-electron chi connectivity index (χ3n) is 3.38. The van der Waals surface area contributed by atoms with Crippen molar-refractivity contribution in [3.05, 3.63) is 35.3 Å². The number of ether oxygens (including phenoxy) is 1. The topological polar surface area (TPSA) is 37.4 Å². The van der Waals surface area contributed by atoms with Crippen LogP contribution in [-0.2, 0) is 0 Å². The molecule has 0 aliphatic heterocycles. The van der Waals surface area contributed by atoms with Crippen molar-refractivity contribution in [2.45, 2.75) is 26.3 Å². The molecule has 2 aromatic rings. The molecule has 1 aromatic heterocycles. The van der Waals surface area contributed by atoms with Gasteiger partial charge in [-0.1, -0.05) is 13.0 Å². The number of nitrogens with zero attached hydrogens (tertiary/aromatic N) is 2. The molecule has 114 valence electrons. The van der Waals surface area contributed by atoms with Gasteiger partial charge in [-0.25, -0.2) is 4.98 Å². The fourth-order valence-electron chi connectivity index (χ4n) is 2.02. The zero-order chi connectivity index (χ0) is 15.2. The summed E-state index contributed by atoms with van der Waals surface area (Å²) in [6.45, 7) is 5.34. The summed E-state index contributed by atoms with van der Waals surface area (Å²) >= 11 is 1.66. The zero-order valence-electron chi connectivity index (χ0n) is 13.1. The van der Waals surface area contributed by atoms with Crippen molar-refractivity contribution in [1.29, 1.82) is 0 Å². The molecule has 1 aromatic carbocycles. The quantitative estimate of drug-likeness (QED) is 0.839. The summed E-state index contributed by atoms with van der Waals surface area (Å²) in [6, 6.07) is 8.29. The van der Waals surface area contributed by atoms with Crippen molar-refractivity contribution in [2.24, 2.45) is 0 Å². The molecule has 0 saturated carbocycles. The minimum atomic E-state index is 0.286. The average Bonchev–Trinajstić information content (AvgIpc) is 3.02. The second kappa shape index (κ2) is 7.43. The molecule has 1 heterocycles. The average molecular weight is 305 g/mol. The largest absolute Gasteiger partial charge is 0.497 e. The van der Waals surface area contributed by atoms with E-state index in [1.807, 2.05) is 25.2 Å². The summed E-state index contributed by atoms with van der Waals surface area (Å²) in [5.41, 5.74) is 2.17. The van der Waals surface area contributed by atoms with Gasteiger partial charge in [0.05, 0.1) is 12.8 Å². The number of nitrogens with one attached hydrogen (secondary N) is 1. The first-order valence-electron chi connectivity index (χ1n) is 7.22. The Bertz CT molecular complexity index is 570. The lowest BCUT2D eigenvalue weighted by Gasteiger charge is -2.17. The van der Waals surface area contributed by atoms with Crippen LogP contribution in [0.5, 0.6) is 5.75 Å². The number of methoxy groups -OCH3 is 1. The molecular formula is C16H23N3OS. The molecule has 1 atom stereocenters. The van der Waals surface area contributed by atoms with E-state index in [-0.39, 0.29) is 6.04 Å². The van der Waals surface area contributed by atoms with Gasteiger partial charge in [-0.15, -0.1) is 11.3 Å². The van der Waals surface area contributed by atoms with E-state index in [2.05, 4.69) is 35.5 Å². The fourth-order valence-corrected chi connectivity index (χ4v) is 2.93. The summed E-state index contributed by atoms with van der Waals surface area (Å²) in [4.78, 5) is 6.82. The van der Waals surface area contributed by atoms with Crippen molar-refractivity contribution in [1.82, 2.24) is 10.3 Å². The standard InChI is InChI=1S/C16H23N3OS/c1-5-9-17-12(2)15-11-21-16(18-15)19(3)13-7-6-8-14(10-13)20-4/h6-8,10-12,17H,5,9H2,1-4H3. The maximum absolute atomic E-state index is 5.27. The number of benzene rings is 1. The number of aromatic nitrogens is 1. The normalized spacial score (nSPS) is 12.2. The maximum atomic E-state index is 5.27. The molecule has 0 aliphatic carbocycles. The highest BCUT2D eigenvalue weighted by Crippen LogP contribution is 2.30. The van der Waals surface area contributed by atoms with Gasteiger partial charge in [-0.3, -0.25) is 0 Å². The van der Waals surface area contributed by atoms with Gasteiger partial charge in [0.15, 0.2) is 5.13 Å². The molecule has 2 rings (SSSR count). The fraction of sp³-hybridized carbons (Fsp3) is 0.438. The molecule has 1 N–H and O–H groups in total. The van der Waals surface area contributed by atoms with Gasteiger partial charge in [0.1, 0.15) is 5.75 Å². The Morgan fingerprint density at radius 1 is 1.43 bits per heavy atom. The zero-order valence-corrected chi connectivity index (χ0v) is 13.9. The number of anilines is 2. The Balaban J connectivity index is 2.12. The van der Waals surface area contributed by atoms with E-state index < -0.39 is 0 Å². The highest BCUT2D eigenvalue weighted by Gasteiger charge is 2.13. The lowest BCUT2D eigenvalue weighted by atomic mass is 10.2. The first-order valence-corrected chi connectivity index (χ1v) is 8.10. The Labute approximate surface area is 130 Å². The van der Waals surface area contributed by atoms with E-state index in [1.54, 1.807) is 18.4 Å². The van der Waals surface area contributed by atoms with Crippen molar-refractivity contribution in [3.8, 4) is 5.75 Å². The van der Waals surface area contributed by atoms with Crippen molar-refractivity contribution in [3.63, 3.8) is 0 Å². The second-order valence-corrected chi connectivity index (χ2v) is 5.83. The van der Waals surface area contributed by atoms with Crippen molar-refractivity contribution >= 4 is 22.2 Å². The first-order chi connectivity index (χ1) is 10.2. The lowest BCUT2D eigenvalue weighted by molar-refractivity contribution is 0.415. The minimum Gasteiger partial charge on any atom is -0.497 e. The van der Waals surface area contributed by atoms with E-state index >= 15 is 0 Å². The molecule has 0 bridgehead atoms. The van der Waals surface area contributed by atoms with E-state index in [1.165, 1.54) is 0 Å². The third kappa shape index (κ3) is 3.95. The van der Waals surface area contributed by atoms with Crippen LogP contribution in [0.25, 0.3) is 0 Å². The molecule has 5 heteroatoms. The third-order valence-corrected chi connectivity index (χ3v) is 4.32. The number of rotatable bonds is 7. The summed E-state index contributed by atoms with van der Waals surface area (Å²) < 4.78 is 5.27. The van der Waals surface area contributed by atoms with Gasteiger partial charge < -0.3 is 15.0 Å². The SMILES string of the molecule is CCCNC(C)c1csc(N(C)c2cccc(OC)c2)n1. The molecular weight excluding hydrogens is 282 g/mol. The van der Waals surface area contributed by atoms with Crippen LogP contribution in [0.2, 0.25) is 0 Å². The molecule has 21 heavy (non-hydrogen) atoms. The highest BCUT2D eigenvalue weighted by atomic mass is 32.1. The molecule has 0 amide bonds. The van der Waals surface area contributed by atoms with Crippen LogP contribution in [-0.4, -0.2) is 25.7 Å². The molecule has 4 nitrogen and oxygen atoms in total. The van der Waals surface area contributed by atoms with Crippen LogP contribution in [0.15, 0.2) is 29.6 Å². The highest BCUT2D eigenvalue weighted by molar-refractivity contribution is 7.13. The van der Waals surface area contributed by atoms with Crippen LogP contribution in [0, 0.1) is 0 Å². The van der Waals surface area contributed by atoms with Crippen molar-refractivity contribution in [2.75, 3.05) is 25.6 Å². The van der Waals surface area contributed by atoms with Gasteiger partial charge in [0.2, 0.25) is 0 Å². The van der Waals surface area contributed by atoms with Gasteiger partial charge in [-0.2, -0.15) is 0 Å². The van der Waals surface area contributed by atoms with Gasteiger partial charge >= 0.3 is 0 Å². The van der Waals surface area contributed by atoms with Gasteiger partial charge in [0, 0.05) is 30.2 Å². The number of hydrogen-bond donors (Lipinski definition) is 1. The number of hydrogen-bond acceptors (Lipinski definition) is 5. The Morgan fingerprint density at radius 2 is 2.24 bits per heavy atom. The Morgan fingerprint density at radius 3 is 2.95 bits per heavy atom. The minimum absolute atomic E-state index is 0.286. The molecule has 0 fully saturated rings. The summed E-state index contributed by atoms with van der Waals surface area (Å²) in [5.74, 6) is 0.856. The summed E-state index contributed by atoms with van der Waals surface area (Å²) in [7, 11) is 3.71. The summed E-state index contributed by atoms with van der Waals surface area (Å²) in [6.07, 6.45) is 1.13. The molecule has 0 radical (unpaired) electrons. The van der Waals surface area contributed by atoms with E-state index in [0.29, 0.717) is 0 Å². The van der Waals surface area contributed by atoms with Crippen LogP contribution in [0.1, 0.15) is 32.0 Å². The molecule has 0 spiro atoms. The van der Waals surface area contributed by atoms with Gasteiger partial charge in [-0.05, 0) is 32.0 Å². The van der Waals surface area contributed by atoms with E-state index in [9.17, 15) is 0 Å². The smallest absolute Gasteiger partial charge is 0.189 e. The van der Waals surface area contributed by atoms with Crippen LogP contribution in [0.3, 0.4) is 0 Å². The van der Waals surface area contributed by atoms with Gasteiger partial charge in [0.25, 0.3) is 0 Å². The predicted molar refractivity (Wildman–Crippen MR) is 89.9 cm³/mol. The monoisotopic (exact) mass is 305 g/mol. The Hall–Kier alpha value is -1.59. The number of thiazole rings is 1. The molecule has 0 aliphatic rings. The van der Waals surface area contributed by atoms with Crippen molar-refractivity contribution < 1.29 is 4.74 Å². The predicted octanol–water partition coefficient (Wildman–Crippen LogP) is 3.98. The van der Waals surface area contributed by atoms with Crippen LogP contribution >= 0.6 is 11.3 Å². The van der Waals surface area contributed by atoms with Crippen LogP contribution < -0.4 is 15.0 Å². The maximum Gasteiger partial charge on any atom is 0.189 e. The van der Waals surface area contributed by atoms with E-state index in [0.717, 1.165) is 35.2 Å². The lowest BCUT2D eigenvalue weighted by Crippen LogP contribution is -2.19. The summed E-state index contributed by atoms with van der Waals surface area (Å²) in [5, 5.41) is 6.58. The van der Waals surface area contributed by atoms with Crippen LogP contribution in [0.4, 0.5) is 10.8 Å². The Kier molecular flexibility index (Phi) is 5.59.